The van der Waals surface area contributed by atoms with Gasteiger partial charge in [-0.2, -0.15) is 4.99 Å². The van der Waals surface area contributed by atoms with Crippen LogP contribution in [0.15, 0.2) is 59.9 Å². The molecule has 2 heterocycles. The van der Waals surface area contributed by atoms with Gasteiger partial charge in [0.1, 0.15) is 5.84 Å². The van der Waals surface area contributed by atoms with Crippen LogP contribution in [0.3, 0.4) is 0 Å². The van der Waals surface area contributed by atoms with Gasteiger partial charge in [0.05, 0.1) is 12.8 Å². The number of aliphatic imine (C=N–C) groups is 1. The lowest BCUT2D eigenvalue weighted by Gasteiger charge is -2.32. The van der Waals surface area contributed by atoms with Crippen molar-refractivity contribution in [2.75, 3.05) is 32.1 Å². The van der Waals surface area contributed by atoms with Gasteiger partial charge < -0.3 is 20.7 Å². The smallest absolute Gasteiger partial charge is 0.347 e. The Morgan fingerprint density at radius 1 is 1.30 bits per heavy atom. The number of amidine groups is 1. The maximum Gasteiger partial charge on any atom is 0.347 e. The summed E-state index contributed by atoms with van der Waals surface area (Å²) in [6.07, 6.45) is 5.94. The number of amides is 2. The number of carbonyl (C=O) groups excluding carboxylic acids is 1. The van der Waals surface area contributed by atoms with Gasteiger partial charge in [-0.05, 0) is 49.6 Å². The third-order valence-corrected chi connectivity index (χ3v) is 6.03. The van der Waals surface area contributed by atoms with Crippen molar-refractivity contribution in [3.05, 3.63) is 66.2 Å². The molecule has 1 saturated heterocycles. The third kappa shape index (κ3) is 5.46. The van der Waals surface area contributed by atoms with E-state index < -0.39 is 6.03 Å². The molecule has 1 fully saturated rings. The lowest BCUT2D eigenvalue weighted by atomic mass is 9.96. The Hall–Kier alpha value is -3.52. The fraction of sp³-hybridized carbons (Fsp3) is 0.320. The lowest BCUT2D eigenvalue weighted by molar-refractivity contribution is 0.205. The van der Waals surface area contributed by atoms with Crippen LogP contribution in [0, 0.1) is 11.7 Å². The lowest BCUT2D eigenvalue weighted by Crippen LogP contribution is -2.42. The number of nitrogens with zero attached hydrogens (tertiary/aromatic N) is 3. The molecule has 1 aliphatic rings. The number of methoxy groups -OCH3 is 1. The number of carbonyl (C=O) groups is 1. The van der Waals surface area contributed by atoms with E-state index in [1.807, 2.05) is 30.3 Å². The number of nitrogens with one attached hydrogen (secondary N) is 1. The molecule has 2 amide bonds. The number of hydrogen-bond acceptors (Lipinski definition) is 4. The number of piperidine rings is 1. The number of nitrogens with two attached hydrogens (primary N) is 1. The summed E-state index contributed by atoms with van der Waals surface area (Å²) >= 11 is 0. The zero-order valence-corrected chi connectivity index (χ0v) is 18.6. The van der Waals surface area contributed by atoms with E-state index in [1.54, 1.807) is 18.5 Å². The molecule has 3 N–H and O–H groups in total. The number of benzene rings is 2. The quantitative estimate of drug-likeness (QED) is 0.434. The molecule has 0 bridgehead atoms. The van der Waals surface area contributed by atoms with Crippen LogP contribution in [0.2, 0.25) is 0 Å². The normalized spacial score (nSPS) is 17.2. The topological polar surface area (TPSA) is 92.8 Å². The van der Waals surface area contributed by atoms with Crippen molar-refractivity contribution in [1.29, 1.82) is 0 Å². The third-order valence-electron chi connectivity index (χ3n) is 6.03. The van der Waals surface area contributed by atoms with E-state index in [2.05, 4.69) is 20.2 Å². The summed E-state index contributed by atoms with van der Waals surface area (Å²) in [5.74, 6) is 0.280. The molecular formula is C25H28FN5O2. The van der Waals surface area contributed by atoms with E-state index in [0.717, 1.165) is 42.3 Å². The predicted octanol–water partition coefficient (Wildman–Crippen LogP) is 4.23. The van der Waals surface area contributed by atoms with Crippen LogP contribution < -0.4 is 15.8 Å². The number of ether oxygens (including phenoxy) is 1. The van der Waals surface area contributed by atoms with Crippen molar-refractivity contribution < 1.29 is 13.9 Å². The van der Waals surface area contributed by atoms with Crippen LogP contribution >= 0.6 is 0 Å². The van der Waals surface area contributed by atoms with Gasteiger partial charge in [-0.1, -0.05) is 24.3 Å². The van der Waals surface area contributed by atoms with Gasteiger partial charge in [0, 0.05) is 42.2 Å². The number of hydrogen-bond donors (Lipinski definition) is 2. The maximum absolute atomic E-state index is 13.9. The van der Waals surface area contributed by atoms with Gasteiger partial charge in [0.2, 0.25) is 0 Å². The minimum Gasteiger partial charge on any atom is -0.493 e. The summed E-state index contributed by atoms with van der Waals surface area (Å²) in [6, 6.07) is 12.0. The molecule has 0 radical (unpaired) electrons. The number of halogens is 1. The Bertz CT molecular complexity index is 1160. The molecule has 4 rings (SSSR count). The van der Waals surface area contributed by atoms with Crippen molar-refractivity contribution in [2.24, 2.45) is 16.6 Å². The molecule has 33 heavy (non-hydrogen) atoms. The predicted molar refractivity (Wildman–Crippen MR) is 128 cm³/mol. The van der Waals surface area contributed by atoms with Gasteiger partial charge >= 0.3 is 6.03 Å². The van der Waals surface area contributed by atoms with E-state index >= 15 is 0 Å². The summed E-state index contributed by atoms with van der Waals surface area (Å²) in [5, 5.41) is 4.66. The summed E-state index contributed by atoms with van der Waals surface area (Å²) in [5.41, 5.74) is 7.74. The highest BCUT2D eigenvalue weighted by molar-refractivity contribution is 6.05. The van der Waals surface area contributed by atoms with Gasteiger partial charge in [-0.25, -0.2) is 9.18 Å². The van der Waals surface area contributed by atoms with Gasteiger partial charge in [0.15, 0.2) is 11.6 Å². The Labute approximate surface area is 192 Å². The van der Waals surface area contributed by atoms with Crippen molar-refractivity contribution in [2.45, 2.75) is 19.3 Å². The molecule has 1 atom stereocenters. The average molecular weight is 450 g/mol. The van der Waals surface area contributed by atoms with E-state index in [4.69, 9.17) is 10.5 Å². The highest BCUT2D eigenvalue weighted by Gasteiger charge is 2.24. The number of aromatic nitrogens is 1. The summed E-state index contributed by atoms with van der Waals surface area (Å²) in [4.78, 5) is 23.1. The van der Waals surface area contributed by atoms with Crippen molar-refractivity contribution in [3.63, 3.8) is 0 Å². The molecule has 0 saturated carbocycles. The average Bonchev–Trinajstić information content (AvgIpc) is 2.83. The molecule has 3 aromatic rings. The number of para-hydroxylation sites is 1. The standard InChI is InChI=1S/C25H28FN5O2/c1-33-23-17(5-2-8-21(23)26)11-14-31-13-4-7-19(16-31)24(27)30-25(32)29-22-9-3-6-18-15-28-12-10-20(18)22/h2-3,5-6,8-10,12,15,19H,4,7,11,13-14,16H2,1H3,(H3,27,29,30,32). The summed E-state index contributed by atoms with van der Waals surface area (Å²) < 4.78 is 19.2. The zero-order valence-electron chi connectivity index (χ0n) is 18.6. The van der Waals surface area contributed by atoms with E-state index in [1.165, 1.54) is 13.2 Å². The second-order valence-corrected chi connectivity index (χ2v) is 8.19. The van der Waals surface area contributed by atoms with Gasteiger partial charge in [-0.3, -0.25) is 4.98 Å². The van der Waals surface area contributed by atoms with Crippen molar-refractivity contribution in [3.8, 4) is 5.75 Å². The second kappa shape index (κ2) is 10.4. The minimum absolute atomic E-state index is 0.00405. The Morgan fingerprint density at radius 3 is 3.00 bits per heavy atom. The fourth-order valence-electron chi connectivity index (χ4n) is 4.34. The van der Waals surface area contributed by atoms with Crippen LogP contribution in [-0.2, 0) is 6.42 Å². The van der Waals surface area contributed by atoms with E-state index in [0.29, 0.717) is 30.2 Å². The largest absolute Gasteiger partial charge is 0.493 e. The minimum atomic E-state index is -0.488. The first-order valence-corrected chi connectivity index (χ1v) is 11.1. The number of pyridine rings is 1. The first kappa shape index (κ1) is 22.7. The van der Waals surface area contributed by atoms with Crippen LogP contribution in [0.25, 0.3) is 10.8 Å². The molecular weight excluding hydrogens is 421 g/mol. The van der Waals surface area contributed by atoms with Gasteiger partial charge in [0.25, 0.3) is 0 Å². The number of urea groups is 1. The Balaban J connectivity index is 1.37. The molecule has 1 unspecified atom stereocenters. The fourth-order valence-corrected chi connectivity index (χ4v) is 4.34. The van der Waals surface area contributed by atoms with Crippen LogP contribution in [0.5, 0.6) is 5.75 Å². The van der Waals surface area contributed by atoms with Crippen molar-refractivity contribution >= 4 is 28.3 Å². The highest BCUT2D eigenvalue weighted by atomic mass is 19.1. The van der Waals surface area contributed by atoms with Crippen LogP contribution in [-0.4, -0.2) is 48.5 Å². The van der Waals surface area contributed by atoms with E-state index in [-0.39, 0.29) is 11.7 Å². The van der Waals surface area contributed by atoms with Crippen molar-refractivity contribution in [1.82, 2.24) is 9.88 Å². The SMILES string of the molecule is COc1c(F)cccc1CCN1CCCC(/C(N)=N/C(=O)Nc2cccc3cnccc23)C1. The number of fused-ring (bicyclic) bond motifs is 1. The molecule has 0 spiro atoms. The number of anilines is 1. The Kier molecular flexibility index (Phi) is 7.14. The van der Waals surface area contributed by atoms with Crippen LogP contribution in [0.4, 0.5) is 14.9 Å². The first-order valence-electron chi connectivity index (χ1n) is 11.1. The monoisotopic (exact) mass is 449 g/mol. The Morgan fingerprint density at radius 2 is 2.15 bits per heavy atom. The highest BCUT2D eigenvalue weighted by Crippen LogP contribution is 2.25. The molecule has 8 heteroatoms. The number of likely N-dealkylation sites (tertiary alicyclic amines) is 1. The molecule has 2 aromatic carbocycles. The molecule has 7 nitrogen and oxygen atoms in total. The van der Waals surface area contributed by atoms with Crippen LogP contribution in [0.1, 0.15) is 18.4 Å². The number of rotatable bonds is 6. The summed E-state index contributed by atoms with van der Waals surface area (Å²) in [6.45, 7) is 2.39. The zero-order chi connectivity index (χ0) is 23.2. The molecule has 172 valence electrons. The maximum atomic E-state index is 13.9. The van der Waals surface area contributed by atoms with Gasteiger partial charge in [-0.15, -0.1) is 0 Å². The molecule has 1 aromatic heterocycles. The van der Waals surface area contributed by atoms with E-state index in [9.17, 15) is 9.18 Å². The molecule has 0 aliphatic carbocycles. The second-order valence-electron chi connectivity index (χ2n) is 8.19. The summed E-state index contributed by atoms with van der Waals surface area (Å²) in [7, 11) is 1.48. The molecule has 1 aliphatic heterocycles. The first-order chi connectivity index (χ1) is 16.0.